The fourth-order valence-electron chi connectivity index (χ4n) is 1.57. The van der Waals surface area contributed by atoms with Crippen LogP contribution in [0.3, 0.4) is 0 Å². The normalized spacial score (nSPS) is 10.1. The van der Waals surface area contributed by atoms with Crippen LogP contribution >= 0.6 is 15.9 Å². The predicted octanol–water partition coefficient (Wildman–Crippen LogP) is 2.82. The second-order valence-corrected chi connectivity index (χ2v) is 4.77. The molecule has 0 unspecified atom stereocenters. The number of nitrogens with zero attached hydrogens (tertiary/aromatic N) is 1. The number of hydrogen-bond donors (Lipinski definition) is 1. The Hall–Kier alpha value is -1.68. The van der Waals surface area contributed by atoms with Gasteiger partial charge in [-0.1, -0.05) is 30.3 Å². The van der Waals surface area contributed by atoms with E-state index in [0.29, 0.717) is 12.2 Å². The number of carbonyl (C=O) groups is 1. The molecule has 1 N–H and O–H groups in total. The molecule has 1 aromatic carbocycles. The molecule has 92 valence electrons. The van der Waals surface area contributed by atoms with Crippen LogP contribution in [0.5, 0.6) is 0 Å². The molecule has 0 aliphatic rings. The van der Waals surface area contributed by atoms with Crippen molar-refractivity contribution in [1.82, 2.24) is 10.3 Å². The van der Waals surface area contributed by atoms with Gasteiger partial charge >= 0.3 is 0 Å². The molecule has 0 aliphatic heterocycles. The Kier molecular flexibility index (Phi) is 4.47. The molecule has 1 aromatic heterocycles. The summed E-state index contributed by atoms with van der Waals surface area (Å²) >= 11 is 3.28. The van der Waals surface area contributed by atoms with Gasteiger partial charge < -0.3 is 5.32 Å². The van der Waals surface area contributed by atoms with Gasteiger partial charge in [0.2, 0.25) is 0 Å². The Balaban J connectivity index is 1.84. The molecule has 0 bridgehead atoms. The highest BCUT2D eigenvalue weighted by atomic mass is 79.9. The molecule has 18 heavy (non-hydrogen) atoms. The van der Waals surface area contributed by atoms with Crippen molar-refractivity contribution in [1.29, 1.82) is 0 Å². The lowest BCUT2D eigenvalue weighted by atomic mass is 10.1. The average molecular weight is 305 g/mol. The molecular formula is C14H13BrN2O. The summed E-state index contributed by atoms with van der Waals surface area (Å²) in [6, 6.07) is 13.6. The number of hydrogen-bond acceptors (Lipinski definition) is 2. The van der Waals surface area contributed by atoms with Crippen molar-refractivity contribution >= 4 is 21.8 Å². The Labute approximate surface area is 114 Å². The second-order valence-electron chi connectivity index (χ2n) is 3.85. The number of rotatable bonds is 4. The number of pyridine rings is 1. The standard InChI is InChI=1S/C14H13BrN2O/c15-12-6-7-13(17-10-12)14(18)16-9-8-11-4-2-1-3-5-11/h1-7,10H,8-9H2,(H,16,18). The largest absolute Gasteiger partial charge is 0.350 e. The van der Waals surface area contributed by atoms with E-state index in [0.717, 1.165) is 10.9 Å². The lowest BCUT2D eigenvalue weighted by Crippen LogP contribution is -2.26. The molecule has 3 nitrogen and oxygen atoms in total. The van der Waals surface area contributed by atoms with Crippen molar-refractivity contribution < 1.29 is 4.79 Å². The van der Waals surface area contributed by atoms with E-state index in [1.165, 1.54) is 5.56 Å². The van der Waals surface area contributed by atoms with Crippen molar-refractivity contribution in [3.8, 4) is 0 Å². The first-order valence-corrected chi connectivity index (χ1v) is 6.49. The molecule has 4 heteroatoms. The zero-order valence-electron chi connectivity index (χ0n) is 9.77. The molecule has 0 fully saturated rings. The Morgan fingerprint density at radius 2 is 1.94 bits per heavy atom. The minimum Gasteiger partial charge on any atom is -0.350 e. The summed E-state index contributed by atoms with van der Waals surface area (Å²) < 4.78 is 0.864. The molecule has 1 amide bonds. The van der Waals surface area contributed by atoms with Gasteiger partial charge in [-0.3, -0.25) is 4.79 Å². The third-order valence-corrected chi connectivity index (χ3v) is 2.97. The van der Waals surface area contributed by atoms with Gasteiger partial charge in [0, 0.05) is 17.2 Å². The van der Waals surface area contributed by atoms with E-state index >= 15 is 0 Å². The van der Waals surface area contributed by atoms with Gasteiger partial charge in [-0.15, -0.1) is 0 Å². The monoisotopic (exact) mass is 304 g/mol. The van der Waals surface area contributed by atoms with Gasteiger partial charge in [0.15, 0.2) is 0 Å². The SMILES string of the molecule is O=C(NCCc1ccccc1)c1ccc(Br)cn1. The minimum absolute atomic E-state index is 0.140. The smallest absolute Gasteiger partial charge is 0.269 e. The maximum atomic E-state index is 11.8. The quantitative estimate of drug-likeness (QED) is 0.944. The van der Waals surface area contributed by atoms with Gasteiger partial charge in [-0.25, -0.2) is 4.98 Å². The summed E-state index contributed by atoms with van der Waals surface area (Å²) in [7, 11) is 0. The van der Waals surface area contributed by atoms with Crippen molar-refractivity contribution in [2.45, 2.75) is 6.42 Å². The summed E-state index contributed by atoms with van der Waals surface area (Å²) in [5.41, 5.74) is 1.65. The fraction of sp³-hybridized carbons (Fsp3) is 0.143. The maximum absolute atomic E-state index is 11.8. The van der Waals surface area contributed by atoms with E-state index in [4.69, 9.17) is 0 Å². The second kappa shape index (κ2) is 6.31. The van der Waals surface area contributed by atoms with E-state index in [-0.39, 0.29) is 5.91 Å². The summed E-state index contributed by atoms with van der Waals surface area (Å²) in [6.45, 7) is 0.612. The molecule has 0 aliphatic carbocycles. The summed E-state index contributed by atoms with van der Waals surface area (Å²) in [4.78, 5) is 15.8. The highest BCUT2D eigenvalue weighted by Gasteiger charge is 2.05. The highest BCUT2D eigenvalue weighted by Crippen LogP contribution is 2.07. The molecular weight excluding hydrogens is 292 g/mol. The summed E-state index contributed by atoms with van der Waals surface area (Å²) in [5.74, 6) is -0.140. The van der Waals surface area contributed by atoms with Crippen LogP contribution < -0.4 is 5.32 Å². The van der Waals surface area contributed by atoms with Crippen molar-refractivity contribution in [2.24, 2.45) is 0 Å². The van der Waals surface area contributed by atoms with Crippen LogP contribution in [0, 0.1) is 0 Å². The molecule has 0 radical (unpaired) electrons. The average Bonchev–Trinajstić information content (AvgIpc) is 2.40. The molecule has 0 atom stereocenters. The number of amides is 1. The van der Waals surface area contributed by atoms with E-state index in [1.807, 2.05) is 30.3 Å². The summed E-state index contributed by atoms with van der Waals surface area (Å²) in [6.07, 6.45) is 2.44. The van der Waals surface area contributed by atoms with Crippen molar-refractivity contribution in [3.63, 3.8) is 0 Å². The first-order chi connectivity index (χ1) is 8.75. The van der Waals surface area contributed by atoms with Crippen LogP contribution in [0.1, 0.15) is 16.1 Å². The molecule has 0 saturated carbocycles. The third kappa shape index (κ3) is 3.67. The van der Waals surface area contributed by atoms with Crippen LogP contribution in [0.2, 0.25) is 0 Å². The van der Waals surface area contributed by atoms with Gasteiger partial charge in [0.05, 0.1) is 0 Å². The first-order valence-electron chi connectivity index (χ1n) is 5.69. The highest BCUT2D eigenvalue weighted by molar-refractivity contribution is 9.10. The number of benzene rings is 1. The number of nitrogens with one attached hydrogen (secondary N) is 1. The lowest BCUT2D eigenvalue weighted by Gasteiger charge is -2.04. The fourth-order valence-corrected chi connectivity index (χ4v) is 1.80. The number of aromatic nitrogens is 1. The molecule has 1 heterocycles. The van der Waals surface area contributed by atoms with Gasteiger partial charge in [0.1, 0.15) is 5.69 Å². The number of carbonyl (C=O) groups excluding carboxylic acids is 1. The van der Waals surface area contributed by atoms with E-state index in [9.17, 15) is 4.79 Å². The maximum Gasteiger partial charge on any atom is 0.269 e. The molecule has 0 spiro atoms. The molecule has 2 rings (SSSR count). The molecule has 0 saturated heterocycles. The Morgan fingerprint density at radius 1 is 1.17 bits per heavy atom. The van der Waals surface area contributed by atoms with E-state index in [2.05, 4.69) is 26.2 Å². The zero-order chi connectivity index (χ0) is 12.8. The van der Waals surface area contributed by atoms with E-state index in [1.54, 1.807) is 18.3 Å². The Bertz CT molecular complexity index is 511. The predicted molar refractivity (Wildman–Crippen MR) is 74.4 cm³/mol. The van der Waals surface area contributed by atoms with E-state index < -0.39 is 0 Å². The van der Waals surface area contributed by atoms with Crippen LogP contribution in [0.4, 0.5) is 0 Å². The van der Waals surface area contributed by atoms with Crippen LogP contribution in [0.25, 0.3) is 0 Å². The van der Waals surface area contributed by atoms with Crippen LogP contribution in [-0.2, 0) is 6.42 Å². The van der Waals surface area contributed by atoms with Crippen LogP contribution in [0.15, 0.2) is 53.1 Å². The topological polar surface area (TPSA) is 42.0 Å². The Morgan fingerprint density at radius 3 is 2.61 bits per heavy atom. The first kappa shape index (κ1) is 12.8. The minimum atomic E-state index is -0.140. The molecule has 2 aromatic rings. The zero-order valence-corrected chi connectivity index (χ0v) is 11.4. The van der Waals surface area contributed by atoms with Gasteiger partial charge in [-0.2, -0.15) is 0 Å². The van der Waals surface area contributed by atoms with Gasteiger partial charge in [0.25, 0.3) is 5.91 Å². The summed E-state index contributed by atoms with van der Waals surface area (Å²) in [5, 5.41) is 2.85. The van der Waals surface area contributed by atoms with Crippen molar-refractivity contribution in [3.05, 3.63) is 64.4 Å². The van der Waals surface area contributed by atoms with Crippen LogP contribution in [-0.4, -0.2) is 17.4 Å². The van der Waals surface area contributed by atoms with Gasteiger partial charge in [-0.05, 0) is 40.0 Å². The third-order valence-electron chi connectivity index (χ3n) is 2.50. The van der Waals surface area contributed by atoms with Crippen molar-refractivity contribution in [2.75, 3.05) is 6.54 Å². The lowest BCUT2D eigenvalue weighted by molar-refractivity contribution is 0.0949. The number of halogens is 1.